The summed E-state index contributed by atoms with van der Waals surface area (Å²) < 4.78 is 106. The van der Waals surface area contributed by atoms with E-state index in [0.717, 1.165) is 0 Å². The molecule has 1 saturated heterocycles. The highest BCUT2D eigenvalue weighted by atomic mass is 19.4. The number of fused-ring (bicyclic) bond motifs is 1. The number of alkyl halides is 6. The molecule has 0 radical (unpaired) electrons. The van der Waals surface area contributed by atoms with Crippen molar-refractivity contribution in [3.63, 3.8) is 0 Å². The molecule has 0 bridgehead atoms. The van der Waals surface area contributed by atoms with E-state index in [9.17, 15) is 40.6 Å². The third kappa shape index (κ3) is 7.32. The summed E-state index contributed by atoms with van der Waals surface area (Å²) in [6.07, 6.45) is -11.9. The van der Waals surface area contributed by atoms with Crippen molar-refractivity contribution in [1.82, 2.24) is 4.90 Å². The molecule has 41 heavy (non-hydrogen) atoms. The van der Waals surface area contributed by atoms with Gasteiger partial charge in [0.25, 0.3) is 0 Å². The minimum absolute atomic E-state index is 0.00962. The van der Waals surface area contributed by atoms with Crippen LogP contribution in [0, 0.1) is 17.7 Å². The predicted octanol–water partition coefficient (Wildman–Crippen LogP) is 7.34. The first kappa shape index (κ1) is 31.1. The van der Waals surface area contributed by atoms with Crippen LogP contribution < -0.4 is 0 Å². The van der Waals surface area contributed by atoms with Crippen molar-refractivity contribution in [3.05, 3.63) is 70.5 Å². The van der Waals surface area contributed by atoms with Gasteiger partial charge in [-0.05, 0) is 86.9 Å². The Bertz CT molecular complexity index is 1190. The van der Waals surface area contributed by atoms with Gasteiger partial charge in [0.1, 0.15) is 17.5 Å². The number of benzene rings is 2. The number of carbonyl (C=O) groups excluding carboxylic acids is 1. The number of ether oxygens (including phenoxy) is 2. The molecule has 2 aliphatic rings. The summed E-state index contributed by atoms with van der Waals surface area (Å²) >= 11 is 0. The molecule has 1 N–H and O–H groups in total. The second-order valence-corrected chi connectivity index (χ2v) is 11.6. The van der Waals surface area contributed by atoms with Gasteiger partial charge in [-0.1, -0.05) is 12.1 Å². The van der Waals surface area contributed by atoms with Crippen LogP contribution in [0.4, 0.5) is 35.5 Å². The van der Waals surface area contributed by atoms with Gasteiger partial charge in [0.15, 0.2) is 0 Å². The van der Waals surface area contributed by atoms with E-state index in [1.54, 1.807) is 37.8 Å². The molecular weight excluding hydrogens is 559 g/mol. The van der Waals surface area contributed by atoms with Crippen LogP contribution in [0.5, 0.6) is 0 Å². The quantitative estimate of drug-likeness (QED) is 0.370. The second kappa shape index (κ2) is 11.4. The molecule has 0 spiro atoms. The standard InChI is InChI=1S/C29H32F7NO4/c1-27(2,3)41-26(39)37-13-17-6-9-23(25(22(17)14-37)16-4-7-21(30)8-5-16)40-24(15-38)18-10-19(28(31,32)33)12-20(11-18)29(34,35)36/h4-5,7-8,10-12,17,22-25,38H,6,9,13-15H2,1-3H3/t17-,22-,23+,24-,25+/m1/s1. The second-order valence-electron chi connectivity index (χ2n) is 11.6. The minimum atomic E-state index is -5.06. The number of aliphatic hydroxyl groups excluding tert-OH is 1. The lowest BCUT2D eigenvalue weighted by Gasteiger charge is -2.41. The van der Waals surface area contributed by atoms with Gasteiger partial charge in [0, 0.05) is 19.0 Å². The molecule has 12 heteroatoms. The van der Waals surface area contributed by atoms with Gasteiger partial charge < -0.3 is 19.5 Å². The minimum Gasteiger partial charge on any atom is -0.444 e. The van der Waals surface area contributed by atoms with Crippen molar-refractivity contribution < 1.29 is 50.1 Å². The molecule has 1 aliphatic heterocycles. The van der Waals surface area contributed by atoms with Crippen LogP contribution in [0.15, 0.2) is 42.5 Å². The van der Waals surface area contributed by atoms with Gasteiger partial charge in [0.05, 0.1) is 23.8 Å². The van der Waals surface area contributed by atoms with Crippen molar-refractivity contribution in [2.24, 2.45) is 11.8 Å². The molecule has 1 aliphatic carbocycles. The maximum atomic E-state index is 13.8. The molecule has 0 aromatic heterocycles. The maximum absolute atomic E-state index is 13.8. The molecule has 2 fully saturated rings. The zero-order valence-electron chi connectivity index (χ0n) is 22.7. The monoisotopic (exact) mass is 591 g/mol. The number of hydrogen-bond acceptors (Lipinski definition) is 4. The largest absolute Gasteiger partial charge is 0.444 e. The van der Waals surface area contributed by atoms with E-state index >= 15 is 0 Å². The summed E-state index contributed by atoms with van der Waals surface area (Å²) in [5.74, 6) is -1.17. The molecule has 2 aromatic rings. The molecule has 5 atom stereocenters. The predicted molar refractivity (Wildman–Crippen MR) is 134 cm³/mol. The van der Waals surface area contributed by atoms with Crippen molar-refractivity contribution in [2.45, 2.75) is 69.7 Å². The van der Waals surface area contributed by atoms with Gasteiger partial charge in [-0.25, -0.2) is 9.18 Å². The number of halogens is 7. The fraction of sp³-hybridized carbons (Fsp3) is 0.552. The zero-order chi connectivity index (χ0) is 30.3. The van der Waals surface area contributed by atoms with E-state index in [1.165, 1.54) is 12.1 Å². The number of likely N-dealkylation sites (tertiary alicyclic amines) is 1. The maximum Gasteiger partial charge on any atom is 0.416 e. The molecule has 2 aromatic carbocycles. The summed E-state index contributed by atoms with van der Waals surface area (Å²) in [4.78, 5) is 14.4. The highest BCUT2D eigenvalue weighted by Crippen LogP contribution is 2.48. The van der Waals surface area contributed by atoms with Crippen LogP contribution in [0.3, 0.4) is 0 Å². The van der Waals surface area contributed by atoms with Crippen molar-refractivity contribution in [1.29, 1.82) is 0 Å². The summed E-state index contributed by atoms with van der Waals surface area (Å²) in [5.41, 5.74) is -3.55. The van der Waals surface area contributed by atoms with E-state index < -0.39 is 71.3 Å². The van der Waals surface area contributed by atoms with E-state index in [1.807, 2.05) is 0 Å². The van der Waals surface area contributed by atoms with Crippen LogP contribution in [0.25, 0.3) is 0 Å². The summed E-state index contributed by atoms with van der Waals surface area (Å²) in [6, 6.07) is 6.73. The first-order valence-electron chi connectivity index (χ1n) is 13.3. The van der Waals surface area contributed by atoms with Crippen LogP contribution >= 0.6 is 0 Å². The number of rotatable bonds is 5. The highest BCUT2D eigenvalue weighted by molar-refractivity contribution is 5.68. The zero-order valence-corrected chi connectivity index (χ0v) is 22.7. The average Bonchev–Trinajstić information content (AvgIpc) is 3.30. The summed E-state index contributed by atoms with van der Waals surface area (Å²) in [6.45, 7) is 5.02. The van der Waals surface area contributed by atoms with E-state index in [4.69, 9.17) is 9.47 Å². The number of hydrogen-bond donors (Lipinski definition) is 1. The fourth-order valence-corrected chi connectivity index (χ4v) is 5.82. The lowest BCUT2D eigenvalue weighted by atomic mass is 9.69. The Hall–Kier alpha value is -2.86. The molecule has 0 unspecified atom stereocenters. The van der Waals surface area contributed by atoms with Crippen molar-refractivity contribution in [2.75, 3.05) is 19.7 Å². The first-order chi connectivity index (χ1) is 19.0. The molecule has 1 amide bonds. The van der Waals surface area contributed by atoms with Crippen LogP contribution in [-0.2, 0) is 21.8 Å². The summed E-state index contributed by atoms with van der Waals surface area (Å²) in [5, 5.41) is 10.1. The Morgan fingerprint density at radius 1 is 0.951 bits per heavy atom. The third-order valence-electron chi connectivity index (χ3n) is 7.57. The highest BCUT2D eigenvalue weighted by Gasteiger charge is 2.48. The first-order valence-corrected chi connectivity index (χ1v) is 13.3. The molecule has 4 rings (SSSR count). The fourth-order valence-electron chi connectivity index (χ4n) is 5.82. The Morgan fingerprint density at radius 3 is 2.05 bits per heavy atom. The van der Waals surface area contributed by atoms with Gasteiger partial charge in [-0.2, -0.15) is 26.3 Å². The number of carbonyl (C=O) groups is 1. The van der Waals surface area contributed by atoms with Gasteiger partial charge in [-0.15, -0.1) is 0 Å². The van der Waals surface area contributed by atoms with Gasteiger partial charge in [0.2, 0.25) is 0 Å². The Morgan fingerprint density at radius 2 is 1.54 bits per heavy atom. The molecule has 1 saturated carbocycles. The van der Waals surface area contributed by atoms with Gasteiger partial charge >= 0.3 is 18.4 Å². The molecular formula is C29H32F7NO4. The lowest BCUT2D eigenvalue weighted by Crippen LogP contribution is -2.39. The third-order valence-corrected chi connectivity index (χ3v) is 7.57. The Kier molecular flexibility index (Phi) is 8.67. The van der Waals surface area contributed by atoms with Gasteiger partial charge in [-0.3, -0.25) is 0 Å². The normalized spacial score (nSPS) is 24.2. The van der Waals surface area contributed by atoms with Crippen molar-refractivity contribution >= 4 is 6.09 Å². The van der Waals surface area contributed by atoms with E-state index in [0.29, 0.717) is 37.1 Å². The van der Waals surface area contributed by atoms with Crippen LogP contribution in [0.1, 0.15) is 67.9 Å². The number of aliphatic hydroxyl groups is 1. The topological polar surface area (TPSA) is 59.0 Å². The van der Waals surface area contributed by atoms with E-state index in [-0.39, 0.29) is 24.4 Å². The van der Waals surface area contributed by atoms with Crippen molar-refractivity contribution in [3.8, 4) is 0 Å². The number of nitrogens with zero attached hydrogens (tertiary/aromatic N) is 1. The Labute approximate surface area is 233 Å². The van der Waals surface area contributed by atoms with E-state index in [2.05, 4.69) is 0 Å². The Balaban J connectivity index is 1.67. The van der Waals surface area contributed by atoms with Crippen LogP contribution in [-0.4, -0.2) is 47.5 Å². The summed E-state index contributed by atoms with van der Waals surface area (Å²) in [7, 11) is 0. The molecule has 1 heterocycles. The smallest absolute Gasteiger partial charge is 0.416 e. The molecule has 226 valence electrons. The SMILES string of the molecule is CC(C)(C)OC(=O)N1C[C@H]2CC[C@H](O[C@H](CO)c3cc(C(F)(F)F)cc(C(F)(F)F)c3)[C@@H](c3ccc(F)cc3)[C@@H]2C1. The molecule has 5 nitrogen and oxygen atoms in total. The lowest BCUT2D eigenvalue weighted by molar-refractivity contribution is -0.143. The average molecular weight is 592 g/mol. The number of amides is 1. The van der Waals surface area contributed by atoms with Crippen LogP contribution in [0.2, 0.25) is 0 Å².